The summed E-state index contributed by atoms with van der Waals surface area (Å²) in [5.74, 6) is 0. The van der Waals surface area contributed by atoms with Gasteiger partial charge in [-0.2, -0.15) is 0 Å². The van der Waals surface area contributed by atoms with Crippen molar-refractivity contribution >= 4 is 10.9 Å². The Morgan fingerprint density at radius 3 is 2.40 bits per heavy atom. The van der Waals surface area contributed by atoms with Crippen LogP contribution in [0.15, 0.2) is 54.7 Å². The minimum Gasteiger partial charge on any atom is -0.320 e. The van der Waals surface area contributed by atoms with Crippen LogP contribution < -0.4 is 5.73 Å². The third-order valence-corrected chi connectivity index (χ3v) is 3.60. The second kappa shape index (κ2) is 5.06. The number of nitrogens with two attached hydrogens (primary N) is 1. The van der Waals surface area contributed by atoms with Crippen LogP contribution in [-0.4, -0.2) is 4.98 Å². The number of aryl methyl sites for hydroxylation is 2. The van der Waals surface area contributed by atoms with E-state index in [0.717, 1.165) is 22.0 Å². The highest BCUT2D eigenvalue weighted by molar-refractivity contribution is 5.82. The van der Waals surface area contributed by atoms with Crippen molar-refractivity contribution in [3.05, 3.63) is 77.0 Å². The molecule has 1 unspecified atom stereocenters. The standard InChI is InChI=1S/C18H18N2/c1-12-9-13(2)11-15(10-12)17(19)16-7-3-5-14-6-4-8-20-18(14)16/h3-11,17H,19H2,1-2H3. The van der Waals surface area contributed by atoms with Gasteiger partial charge in [-0.1, -0.05) is 53.6 Å². The van der Waals surface area contributed by atoms with E-state index in [-0.39, 0.29) is 6.04 Å². The number of para-hydroxylation sites is 1. The number of pyridine rings is 1. The largest absolute Gasteiger partial charge is 0.320 e. The molecule has 2 N–H and O–H groups in total. The van der Waals surface area contributed by atoms with Crippen LogP contribution in [0.4, 0.5) is 0 Å². The summed E-state index contributed by atoms with van der Waals surface area (Å²) in [6.07, 6.45) is 1.82. The van der Waals surface area contributed by atoms with Crippen LogP contribution in [0.3, 0.4) is 0 Å². The van der Waals surface area contributed by atoms with Gasteiger partial charge in [0.15, 0.2) is 0 Å². The van der Waals surface area contributed by atoms with E-state index in [1.54, 1.807) is 0 Å². The summed E-state index contributed by atoms with van der Waals surface area (Å²) in [4.78, 5) is 4.49. The number of benzene rings is 2. The molecular weight excluding hydrogens is 244 g/mol. The Morgan fingerprint density at radius 2 is 1.65 bits per heavy atom. The molecule has 0 spiro atoms. The molecule has 20 heavy (non-hydrogen) atoms. The third-order valence-electron chi connectivity index (χ3n) is 3.60. The van der Waals surface area contributed by atoms with Crippen molar-refractivity contribution < 1.29 is 0 Å². The fraction of sp³-hybridized carbons (Fsp3) is 0.167. The van der Waals surface area contributed by atoms with Crippen molar-refractivity contribution in [3.8, 4) is 0 Å². The first kappa shape index (κ1) is 12.8. The molecule has 2 nitrogen and oxygen atoms in total. The first-order valence-corrected chi connectivity index (χ1v) is 6.82. The Labute approximate surface area is 119 Å². The quantitative estimate of drug-likeness (QED) is 0.760. The summed E-state index contributed by atoms with van der Waals surface area (Å²) < 4.78 is 0. The molecule has 2 aromatic carbocycles. The lowest BCUT2D eigenvalue weighted by atomic mass is 9.94. The first-order chi connectivity index (χ1) is 9.65. The number of rotatable bonds is 2. The van der Waals surface area contributed by atoms with Gasteiger partial charge in [0, 0.05) is 11.6 Å². The van der Waals surface area contributed by atoms with E-state index in [2.05, 4.69) is 55.2 Å². The number of hydrogen-bond acceptors (Lipinski definition) is 2. The van der Waals surface area contributed by atoms with E-state index >= 15 is 0 Å². The van der Waals surface area contributed by atoms with E-state index in [0.29, 0.717) is 0 Å². The summed E-state index contributed by atoms with van der Waals surface area (Å²) in [6.45, 7) is 4.20. The van der Waals surface area contributed by atoms with Gasteiger partial charge in [0.2, 0.25) is 0 Å². The maximum Gasteiger partial charge on any atom is 0.0753 e. The lowest BCUT2D eigenvalue weighted by Crippen LogP contribution is -2.13. The molecule has 0 saturated carbocycles. The fourth-order valence-electron chi connectivity index (χ4n) is 2.75. The minimum atomic E-state index is -0.146. The van der Waals surface area contributed by atoms with Gasteiger partial charge in [0.1, 0.15) is 0 Å². The van der Waals surface area contributed by atoms with Gasteiger partial charge in [-0.15, -0.1) is 0 Å². The van der Waals surface area contributed by atoms with Gasteiger partial charge in [-0.25, -0.2) is 0 Å². The summed E-state index contributed by atoms with van der Waals surface area (Å²) >= 11 is 0. The smallest absolute Gasteiger partial charge is 0.0753 e. The van der Waals surface area contributed by atoms with Crippen molar-refractivity contribution in [2.24, 2.45) is 5.73 Å². The molecule has 0 saturated heterocycles. The van der Waals surface area contributed by atoms with Gasteiger partial charge in [-0.3, -0.25) is 4.98 Å². The minimum absolute atomic E-state index is 0.146. The van der Waals surface area contributed by atoms with E-state index in [4.69, 9.17) is 5.73 Å². The van der Waals surface area contributed by atoms with Gasteiger partial charge < -0.3 is 5.73 Å². The molecule has 0 aliphatic rings. The molecule has 0 radical (unpaired) electrons. The highest BCUT2D eigenvalue weighted by Crippen LogP contribution is 2.26. The first-order valence-electron chi connectivity index (χ1n) is 6.82. The highest BCUT2D eigenvalue weighted by atomic mass is 14.7. The Kier molecular flexibility index (Phi) is 3.25. The molecule has 1 aromatic heterocycles. The zero-order valence-corrected chi connectivity index (χ0v) is 11.8. The highest BCUT2D eigenvalue weighted by Gasteiger charge is 2.13. The topological polar surface area (TPSA) is 38.9 Å². The summed E-state index contributed by atoms with van der Waals surface area (Å²) in [5.41, 5.74) is 12.2. The molecule has 1 heterocycles. The number of fused-ring (bicyclic) bond motifs is 1. The summed E-state index contributed by atoms with van der Waals surface area (Å²) in [7, 11) is 0. The lowest BCUT2D eigenvalue weighted by Gasteiger charge is -2.16. The number of hydrogen-bond donors (Lipinski definition) is 1. The Bertz CT molecular complexity index is 737. The van der Waals surface area contributed by atoms with Crippen molar-refractivity contribution in [2.75, 3.05) is 0 Å². The van der Waals surface area contributed by atoms with E-state index < -0.39 is 0 Å². The SMILES string of the molecule is Cc1cc(C)cc(C(N)c2cccc3cccnc23)c1. The normalized spacial score (nSPS) is 12.6. The van der Waals surface area contributed by atoms with Crippen LogP contribution in [0.25, 0.3) is 10.9 Å². The fourth-order valence-corrected chi connectivity index (χ4v) is 2.75. The molecule has 0 fully saturated rings. The number of nitrogens with zero attached hydrogens (tertiary/aromatic N) is 1. The average molecular weight is 262 g/mol. The molecule has 3 aromatic rings. The average Bonchev–Trinajstić information content (AvgIpc) is 2.45. The van der Waals surface area contributed by atoms with Gasteiger partial charge >= 0.3 is 0 Å². The van der Waals surface area contributed by atoms with Crippen LogP contribution in [0.2, 0.25) is 0 Å². The molecule has 0 amide bonds. The molecule has 100 valence electrons. The van der Waals surface area contributed by atoms with Crippen LogP contribution in [0.1, 0.15) is 28.3 Å². The third kappa shape index (κ3) is 2.30. The maximum atomic E-state index is 6.48. The molecule has 1 atom stereocenters. The van der Waals surface area contributed by atoms with E-state index in [9.17, 15) is 0 Å². The maximum absolute atomic E-state index is 6.48. The van der Waals surface area contributed by atoms with Gasteiger partial charge in [-0.05, 0) is 31.0 Å². The zero-order chi connectivity index (χ0) is 14.1. The summed E-state index contributed by atoms with van der Waals surface area (Å²) in [5, 5.41) is 1.13. The Morgan fingerprint density at radius 1 is 0.950 bits per heavy atom. The van der Waals surface area contributed by atoms with Crippen molar-refractivity contribution in [1.29, 1.82) is 0 Å². The van der Waals surface area contributed by atoms with Crippen LogP contribution in [-0.2, 0) is 0 Å². The van der Waals surface area contributed by atoms with Gasteiger partial charge in [0.05, 0.1) is 11.6 Å². The van der Waals surface area contributed by atoms with Crippen LogP contribution in [0, 0.1) is 13.8 Å². The molecule has 2 heteroatoms. The van der Waals surface area contributed by atoms with Crippen molar-refractivity contribution in [1.82, 2.24) is 4.98 Å². The molecule has 0 aliphatic carbocycles. The monoisotopic (exact) mass is 262 g/mol. The van der Waals surface area contributed by atoms with Crippen LogP contribution >= 0.6 is 0 Å². The Hall–Kier alpha value is -2.19. The van der Waals surface area contributed by atoms with E-state index in [1.807, 2.05) is 18.3 Å². The zero-order valence-electron chi connectivity index (χ0n) is 11.8. The second-order valence-corrected chi connectivity index (χ2v) is 5.32. The lowest BCUT2D eigenvalue weighted by molar-refractivity contribution is 0.873. The molecule has 3 rings (SSSR count). The summed E-state index contributed by atoms with van der Waals surface area (Å²) in [6, 6.07) is 16.5. The Balaban J connectivity index is 2.15. The predicted octanol–water partition coefficient (Wildman–Crippen LogP) is 3.90. The molecule has 0 bridgehead atoms. The molecular formula is C18H18N2. The number of aromatic nitrogens is 1. The van der Waals surface area contributed by atoms with Crippen molar-refractivity contribution in [2.45, 2.75) is 19.9 Å². The van der Waals surface area contributed by atoms with E-state index in [1.165, 1.54) is 11.1 Å². The van der Waals surface area contributed by atoms with Crippen LogP contribution in [0.5, 0.6) is 0 Å². The second-order valence-electron chi connectivity index (χ2n) is 5.32. The van der Waals surface area contributed by atoms with Gasteiger partial charge in [0.25, 0.3) is 0 Å². The predicted molar refractivity (Wildman–Crippen MR) is 83.7 cm³/mol. The molecule has 0 aliphatic heterocycles. The van der Waals surface area contributed by atoms with Crippen molar-refractivity contribution in [3.63, 3.8) is 0 Å².